The molecule has 154 valence electrons. The predicted octanol–water partition coefficient (Wildman–Crippen LogP) is 4.25. The van der Waals surface area contributed by atoms with E-state index in [0.717, 1.165) is 22.4 Å². The van der Waals surface area contributed by atoms with E-state index in [0.29, 0.717) is 5.82 Å². The van der Waals surface area contributed by atoms with Gasteiger partial charge in [0.15, 0.2) is 15.7 Å². The minimum atomic E-state index is -3.52. The maximum absolute atomic E-state index is 13.3. The molecule has 0 amide bonds. The van der Waals surface area contributed by atoms with Crippen LogP contribution in [-0.2, 0) is 21.0 Å². The smallest absolute Gasteiger partial charge is 0.174 e. The van der Waals surface area contributed by atoms with E-state index in [4.69, 9.17) is 0 Å². The van der Waals surface area contributed by atoms with Gasteiger partial charge in [0, 0.05) is 0 Å². The summed E-state index contributed by atoms with van der Waals surface area (Å²) in [6.45, 7) is 12.1. The maximum Gasteiger partial charge on any atom is 0.174 e. The van der Waals surface area contributed by atoms with Gasteiger partial charge in [-0.15, -0.1) is 5.10 Å². The molecule has 0 saturated heterocycles. The van der Waals surface area contributed by atoms with Crippen LogP contribution in [0, 0.1) is 13.8 Å². The van der Waals surface area contributed by atoms with Crippen LogP contribution in [0.25, 0.3) is 5.69 Å². The van der Waals surface area contributed by atoms with Gasteiger partial charge in [0.2, 0.25) is 0 Å². The van der Waals surface area contributed by atoms with Crippen LogP contribution < -0.4 is 0 Å². The summed E-state index contributed by atoms with van der Waals surface area (Å²) in [5.41, 5.74) is 4.79. The first kappa shape index (κ1) is 21.2. The van der Waals surface area contributed by atoms with Gasteiger partial charge in [0.05, 0.1) is 11.4 Å². The Morgan fingerprint density at radius 3 is 2.17 bits per heavy atom. The van der Waals surface area contributed by atoms with Crippen molar-refractivity contribution in [2.75, 3.05) is 0 Å². The molecule has 1 atom stereocenters. The number of hydrogen-bond donors (Lipinski definition) is 0. The number of nitrogens with zero attached hydrogens (tertiary/aromatic N) is 4. The molecule has 0 aliphatic rings. The van der Waals surface area contributed by atoms with Crippen molar-refractivity contribution in [3.63, 3.8) is 0 Å². The van der Waals surface area contributed by atoms with Gasteiger partial charge >= 0.3 is 0 Å². The fourth-order valence-electron chi connectivity index (χ4n) is 3.34. The van der Waals surface area contributed by atoms with Crippen LogP contribution in [0.15, 0.2) is 42.5 Å². The summed E-state index contributed by atoms with van der Waals surface area (Å²) in [5.74, 6) is 0.274. The molecule has 6 nitrogen and oxygen atoms in total. The molecule has 0 aliphatic heterocycles. The highest BCUT2D eigenvalue weighted by molar-refractivity contribution is 7.90. The number of rotatable bonds is 5. The number of para-hydroxylation sites is 1. The van der Waals surface area contributed by atoms with Crippen LogP contribution in [0.3, 0.4) is 0 Å². The molecule has 3 rings (SSSR count). The highest BCUT2D eigenvalue weighted by Crippen LogP contribution is 2.31. The lowest BCUT2D eigenvalue weighted by atomic mass is 9.84. The third-order valence-corrected chi connectivity index (χ3v) is 7.28. The van der Waals surface area contributed by atoms with Crippen molar-refractivity contribution >= 4 is 9.84 Å². The highest BCUT2D eigenvalue weighted by Gasteiger charge is 2.30. The summed E-state index contributed by atoms with van der Waals surface area (Å²) < 4.78 is 28.0. The zero-order valence-electron chi connectivity index (χ0n) is 17.8. The van der Waals surface area contributed by atoms with Crippen molar-refractivity contribution in [2.45, 2.75) is 58.0 Å². The molecule has 1 unspecified atom stereocenters. The van der Waals surface area contributed by atoms with Crippen molar-refractivity contribution in [3.8, 4) is 5.69 Å². The Balaban J connectivity index is 1.95. The van der Waals surface area contributed by atoms with Gasteiger partial charge in [-0.2, -0.15) is 4.68 Å². The topological polar surface area (TPSA) is 77.7 Å². The maximum atomic E-state index is 13.3. The molecule has 29 heavy (non-hydrogen) atoms. The van der Waals surface area contributed by atoms with Gasteiger partial charge in [-0.1, -0.05) is 51.1 Å². The summed E-state index contributed by atoms with van der Waals surface area (Å²) in [4.78, 5) is 0. The number of sulfone groups is 1. The van der Waals surface area contributed by atoms with E-state index in [1.54, 1.807) is 6.92 Å². The minimum absolute atomic E-state index is 0.0119. The van der Waals surface area contributed by atoms with E-state index in [1.165, 1.54) is 10.2 Å². The summed E-state index contributed by atoms with van der Waals surface area (Å²) in [6, 6.07) is 13.5. The van der Waals surface area contributed by atoms with E-state index in [1.807, 2.05) is 44.2 Å². The van der Waals surface area contributed by atoms with E-state index in [2.05, 4.69) is 48.4 Å². The van der Waals surface area contributed by atoms with Crippen molar-refractivity contribution in [1.29, 1.82) is 0 Å². The molecule has 0 fully saturated rings. The first-order chi connectivity index (χ1) is 13.5. The number of tetrazole rings is 1. The van der Waals surface area contributed by atoms with Gasteiger partial charge in [0.25, 0.3) is 0 Å². The first-order valence-corrected chi connectivity index (χ1v) is 11.4. The average Bonchev–Trinajstić information content (AvgIpc) is 3.13. The van der Waals surface area contributed by atoms with Crippen molar-refractivity contribution in [1.82, 2.24) is 20.2 Å². The minimum Gasteiger partial charge on any atom is -0.228 e. The lowest BCUT2D eigenvalue weighted by molar-refractivity contribution is 0.579. The molecule has 0 spiro atoms. The summed E-state index contributed by atoms with van der Waals surface area (Å²) in [5, 5.41) is 10.9. The number of hydrogen-bond acceptors (Lipinski definition) is 5. The summed E-state index contributed by atoms with van der Waals surface area (Å²) in [6.07, 6.45) is 0. The van der Waals surface area contributed by atoms with Crippen molar-refractivity contribution < 1.29 is 8.42 Å². The molecule has 1 aromatic heterocycles. The van der Waals surface area contributed by atoms with Crippen LogP contribution in [0.4, 0.5) is 0 Å². The monoisotopic (exact) mass is 412 g/mol. The molecule has 0 aliphatic carbocycles. The second-order valence-corrected chi connectivity index (χ2v) is 10.9. The second kappa shape index (κ2) is 7.71. The third kappa shape index (κ3) is 4.40. The van der Waals surface area contributed by atoms with Gasteiger partial charge in [-0.3, -0.25) is 0 Å². The van der Waals surface area contributed by atoms with E-state index in [9.17, 15) is 8.42 Å². The van der Waals surface area contributed by atoms with Crippen LogP contribution in [0.2, 0.25) is 0 Å². The lowest BCUT2D eigenvalue weighted by Gasteiger charge is -2.23. The second-order valence-electron chi connectivity index (χ2n) is 8.57. The van der Waals surface area contributed by atoms with E-state index in [-0.39, 0.29) is 11.2 Å². The van der Waals surface area contributed by atoms with Gasteiger partial charge in [0.1, 0.15) is 5.25 Å². The zero-order chi connectivity index (χ0) is 21.4. The van der Waals surface area contributed by atoms with Crippen LogP contribution in [-0.4, -0.2) is 28.6 Å². The lowest BCUT2D eigenvalue weighted by Crippen LogP contribution is -2.19. The van der Waals surface area contributed by atoms with Gasteiger partial charge < -0.3 is 0 Å². The molecule has 0 bridgehead atoms. The Hall–Kier alpha value is -2.54. The van der Waals surface area contributed by atoms with Crippen molar-refractivity contribution in [2.24, 2.45) is 0 Å². The standard InChI is InChI=1S/C22H28N4O2S/c1-15-12-18(22(4,5)6)13-16(2)20(15)14-29(27,28)17(3)21-23-24-25-26(21)19-10-8-7-9-11-19/h7-13,17H,14H2,1-6H3. The average molecular weight is 413 g/mol. The fraction of sp³-hybridized carbons (Fsp3) is 0.409. The molecule has 3 aromatic rings. The van der Waals surface area contributed by atoms with Gasteiger partial charge in [-0.05, 0) is 71.0 Å². The first-order valence-electron chi connectivity index (χ1n) is 9.66. The molecule has 2 aromatic carbocycles. The molecule has 7 heteroatoms. The highest BCUT2D eigenvalue weighted by atomic mass is 32.2. The van der Waals surface area contributed by atoms with E-state index < -0.39 is 15.1 Å². The number of aromatic nitrogens is 4. The zero-order valence-corrected chi connectivity index (χ0v) is 18.7. The summed E-state index contributed by atoms with van der Waals surface area (Å²) >= 11 is 0. The molecule has 1 heterocycles. The molecule has 0 N–H and O–H groups in total. The number of benzene rings is 2. The normalized spacial score (nSPS) is 13.4. The third-order valence-electron chi connectivity index (χ3n) is 5.30. The van der Waals surface area contributed by atoms with Crippen molar-refractivity contribution in [3.05, 3.63) is 70.5 Å². The quantitative estimate of drug-likeness (QED) is 0.626. The van der Waals surface area contributed by atoms with Crippen LogP contribution in [0.1, 0.15) is 61.0 Å². The molecular weight excluding hydrogens is 384 g/mol. The Morgan fingerprint density at radius 1 is 1.03 bits per heavy atom. The van der Waals surface area contributed by atoms with Crippen LogP contribution in [0.5, 0.6) is 0 Å². The largest absolute Gasteiger partial charge is 0.228 e. The Morgan fingerprint density at radius 2 is 1.62 bits per heavy atom. The molecular formula is C22H28N4O2S. The molecule has 0 radical (unpaired) electrons. The summed E-state index contributed by atoms with van der Waals surface area (Å²) in [7, 11) is -3.52. The fourth-order valence-corrected chi connectivity index (χ4v) is 4.92. The SMILES string of the molecule is Cc1cc(C(C)(C)C)cc(C)c1CS(=O)(=O)C(C)c1nnnn1-c1ccccc1. The Labute approximate surface area is 172 Å². The van der Waals surface area contributed by atoms with Gasteiger partial charge in [-0.25, -0.2) is 8.42 Å². The van der Waals surface area contributed by atoms with E-state index >= 15 is 0 Å². The number of aryl methyl sites for hydroxylation is 2. The Kier molecular flexibility index (Phi) is 5.63. The Bertz CT molecular complexity index is 1090. The van der Waals surface area contributed by atoms with Crippen LogP contribution >= 0.6 is 0 Å². The molecule has 0 saturated carbocycles. The predicted molar refractivity (Wildman–Crippen MR) is 115 cm³/mol.